The maximum Gasteiger partial charge on any atom is 0.0234 e. The van der Waals surface area contributed by atoms with Crippen LogP contribution in [0.25, 0.3) is 22.3 Å². The van der Waals surface area contributed by atoms with E-state index in [1.165, 1.54) is 44.5 Å². The van der Waals surface area contributed by atoms with Gasteiger partial charge in [0.1, 0.15) is 0 Å². The van der Waals surface area contributed by atoms with Gasteiger partial charge in [-0.15, -0.1) is 0 Å². The molecule has 0 N–H and O–H groups in total. The molecule has 0 radical (unpaired) electrons. The second-order valence-electron chi connectivity index (χ2n) is 11.0. The van der Waals surface area contributed by atoms with E-state index >= 15 is 0 Å². The van der Waals surface area contributed by atoms with E-state index in [2.05, 4.69) is 90.1 Å². The van der Waals surface area contributed by atoms with Gasteiger partial charge in [0, 0.05) is 22.7 Å². The number of aryl methyl sites for hydroxylation is 2. The second-order valence-corrected chi connectivity index (χ2v) is 11.0. The molecule has 0 amide bonds. The van der Waals surface area contributed by atoms with Crippen molar-refractivity contribution < 1.29 is 0 Å². The molecule has 0 aliphatic heterocycles. The minimum Gasteiger partial charge on any atom is -0.0697 e. The third kappa shape index (κ3) is 1.79. The van der Waals surface area contributed by atoms with Gasteiger partial charge in [-0.05, 0) is 107 Å². The van der Waals surface area contributed by atoms with Gasteiger partial charge in [-0.3, -0.25) is 0 Å². The van der Waals surface area contributed by atoms with Gasteiger partial charge in [0.25, 0.3) is 0 Å². The maximum absolute atomic E-state index is 2.68. The molecule has 5 aliphatic carbocycles. The van der Waals surface area contributed by atoms with Crippen LogP contribution in [0.4, 0.5) is 0 Å². The highest BCUT2D eigenvalue weighted by Gasteiger charge is 2.72. The summed E-state index contributed by atoms with van der Waals surface area (Å²) in [7, 11) is 0. The van der Waals surface area contributed by atoms with Gasteiger partial charge in [-0.2, -0.15) is 0 Å². The monoisotopic (exact) mass is 416 g/mol. The van der Waals surface area contributed by atoms with Crippen molar-refractivity contribution >= 4 is 22.3 Å². The number of hydrogen-bond acceptors (Lipinski definition) is 0. The van der Waals surface area contributed by atoms with Crippen molar-refractivity contribution in [2.24, 2.45) is 10.8 Å². The molecule has 2 spiro atoms. The first kappa shape index (κ1) is 18.9. The highest BCUT2D eigenvalue weighted by atomic mass is 14.7. The first-order valence-electron chi connectivity index (χ1n) is 12.5. The van der Waals surface area contributed by atoms with Crippen molar-refractivity contribution in [3.63, 3.8) is 0 Å². The van der Waals surface area contributed by atoms with Gasteiger partial charge in [0.15, 0.2) is 0 Å². The van der Waals surface area contributed by atoms with Crippen LogP contribution in [0.3, 0.4) is 0 Å². The molecule has 0 bridgehead atoms. The predicted octanol–water partition coefficient (Wildman–Crippen LogP) is 8.33. The first-order valence-corrected chi connectivity index (χ1v) is 12.5. The van der Waals surface area contributed by atoms with Crippen molar-refractivity contribution in [2.75, 3.05) is 0 Å². The van der Waals surface area contributed by atoms with Crippen LogP contribution in [0.1, 0.15) is 97.9 Å². The van der Waals surface area contributed by atoms with Crippen LogP contribution in [0, 0.1) is 10.8 Å². The van der Waals surface area contributed by atoms with Crippen LogP contribution < -0.4 is 0 Å². The van der Waals surface area contributed by atoms with Crippen LogP contribution in [-0.4, -0.2) is 0 Å². The molecular formula is C32H32. The molecule has 0 saturated heterocycles. The summed E-state index contributed by atoms with van der Waals surface area (Å²) in [5, 5.41) is 0. The molecule has 1 saturated carbocycles. The summed E-state index contributed by atoms with van der Waals surface area (Å²) < 4.78 is 0. The third-order valence-corrected chi connectivity index (χ3v) is 9.51. The SMILES string of the molecule is CCc1ccc2c3c1C(C)=CC14C=C(C)c5c(CC)ccc6c5[C@H]1C(C=C2C)(C=C6C)[C@@H]34. The molecule has 0 heterocycles. The minimum atomic E-state index is 0.102. The van der Waals surface area contributed by atoms with E-state index in [1.54, 1.807) is 22.3 Å². The molecule has 5 aliphatic rings. The van der Waals surface area contributed by atoms with Crippen molar-refractivity contribution in [3.8, 4) is 0 Å². The summed E-state index contributed by atoms with van der Waals surface area (Å²) in [6, 6.07) is 9.62. The van der Waals surface area contributed by atoms with Crippen LogP contribution >= 0.6 is 0 Å². The van der Waals surface area contributed by atoms with E-state index in [9.17, 15) is 0 Å². The minimum absolute atomic E-state index is 0.102. The fraction of sp³-hybridized carbons (Fsp3) is 0.375. The van der Waals surface area contributed by atoms with E-state index in [0.29, 0.717) is 11.8 Å². The summed E-state index contributed by atoms with van der Waals surface area (Å²) in [5.74, 6) is 1.03. The van der Waals surface area contributed by atoms with E-state index < -0.39 is 0 Å². The smallest absolute Gasteiger partial charge is 0.0234 e. The van der Waals surface area contributed by atoms with Crippen LogP contribution in [0.2, 0.25) is 0 Å². The van der Waals surface area contributed by atoms with Crippen molar-refractivity contribution in [1.82, 2.24) is 0 Å². The fourth-order valence-electron chi connectivity index (χ4n) is 8.79. The highest BCUT2D eigenvalue weighted by molar-refractivity contribution is 5.92. The zero-order chi connectivity index (χ0) is 22.2. The normalized spacial score (nSPS) is 32.1. The molecule has 2 aromatic carbocycles. The third-order valence-electron chi connectivity index (χ3n) is 9.51. The fourth-order valence-corrected chi connectivity index (χ4v) is 8.79. The first-order chi connectivity index (χ1) is 15.4. The average Bonchev–Trinajstić information content (AvgIpc) is 2.75. The largest absolute Gasteiger partial charge is 0.0697 e. The molecule has 160 valence electrons. The molecule has 7 rings (SSSR count). The highest BCUT2D eigenvalue weighted by Crippen LogP contribution is 2.82. The van der Waals surface area contributed by atoms with E-state index in [0.717, 1.165) is 12.8 Å². The molecular weight excluding hydrogens is 384 g/mol. The molecule has 1 fully saturated rings. The lowest BCUT2D eigenvalue weighted by Gasteiger charge is -2.72. The lowest BCUT2D eigenvalue weighted by molar-refractivity contribution is 0.0253. The van der Waals surface area contributed by atoms with Crippen molar-refractivity contribution in [1.29, 1.82) is 0 Å². The van der Waals surface area contributed by atoms with Gasteiger partial charge >= 0.3 is 0 Å². The number of allylic oxidation sites excluding steroid dienone is 8. The standard InChI is InChI=1S/C32H32/c1-7-21-9-11-23-17(3)13-31-14-18(4)24-12-10-22(8-2)26-20(6)16-32(30(31)28(24)26)15-19(5)25(21)27(23)29(31)32/h9-16,29-30H,7-8H2,1-6H3/t29-,30+,31?,32?. The molecule has 4 atom stereocenters. The van der Waals surface area contributed by atoms with Crippen LogP contribution in [0.5, 0.6) is 0 Å². The molecule has 0 nitrogen and oxygen atoms in total. The summed E-state index contributed by atoms with van der Waals surface area (Å²) in [4.78, 5) is 0. The van der Waals surface area contributed by atoms with Gasteiger partial charge in [-0.25, -0.2) is 0 Å². The predicted molar refractivity (Wildman–Crippen MR) is 137 cm³/mol. The second kappa shape index (κ2) is 5.66. The molecule has 0 aromatic heterocycles. The Labute approximate surface area is 192 Å². The van der Waals surface area contributed by atoms with Crippen LogP contribution in [-0.2, 0) is 12.8 Å². The Morgan fingerprint density at radius 1 is 0.562 bits per heavy atom. The van der Waals surface area contributed by atoms with Crippen LogP contribution in [0.15, 0.2) is 48.6 Å². The van der Waals surface area contributed by atoms with Gasteiger partial charge < -0.3 is 0 Å². The summed E-state index contributed by atoms with van der Waals surface area (Å²) in [6.45, 7) is 14.1. The van der Waals surface area contributed by atoms with E-state index in [4.69, 9.17) is 0 Å². The number of benzene rings is 2. The number of rotatable bonds is 2. The zero-order valence-electron chi connectivity index (χ0n) is 20.2. The van der Waals surface area contributed by atoms with Crippen molar-refractivity contribution in [3.05, 3.63) is 93.1 Å². The van der Waals surface area contributed by atoms with Crippen molar-refractivity contribution in [2.45, 2.75) is 66.2 Å². The lowest BCUT2D eigenvalue weighted by Crippen LogP contribution is -2.62. The lowest BCUT2D eigenvalue weighted by atomic mass is 9.30. The quantitative estimate of drug-likeness (QED) is 0.461. The summed E-state index contributed by atoms with van der Waals surface area (Å²) in [5.41, 5.74) is 18.6. The number of hydrogen-bond donors (Lipinski definition) is 0. The molecule has 32 heavy (non-hydrogen) atoms. The van der Waals surface area contributed by atoms with Gasteiger partial charge in [-0.1, -0.05) is 62.4 Å². The molecule has 2 unspecified atom stereocenters. The molecule has 0 heteroatoms. The summed E-state index contributed by atoms with van der Waals surface area (Å²) >= 11 is 0. The van der Waals surface area contributed by atoms with Gasteiger partial charge in [0.05, 0.1) is 0 Å². The maximum atomic E-state index is 2.68. The molecule has 2 aromatic rings. The Morgan fingerprint density at radius 3 is 1.31 bits per heavy atom. The average molecular weight is 417 g/mol. The Hall–Kier alpha value is -2.60. The van der Waals surface area contributed by atoms with Gasteiger partial charge in [0.2, 0.25) is 0 Å². The topological polar surface area (TPSA) is 0 Å². The Morgan fingerprint density at radius 2 is 0.938 bits per heavy atom. The Balaban J connectivity index is 1.66. The zero-order valence-corrected chi connectivity index (χ0v) is 20.2. The van der Waals surface area contributed by atoms with E-state index in [-0.39, 0.29) is 10.8 Å². The Kier molecular flexibility index (Phi) is 3.34. The Bertz CT molecular complexity index is 1280. The van der Waals surface area contributed by atoms with E-state index in [1.807, 2.05) is 0 Å². The summed E-state index contributed by atoms with van der Waals surface area (Å²) in [6.07, 6.45) is 12.9.